The monoisotopic (exact) mass is 309 g/mol. The molecule has 112 valence electrons. The molecular formula is C14H16ClN3O3. The number of amides is 1. The van der Waals surface area contributed by atoms with E-state index in [9.17, 15) is 9.59 Å². The van der Waals surface area contributed by atoms with E-state index in [-0.39, 0.29) is 11.9 Å². The van der Waals surface area contributed by atoms with Crippen LogP contribution in [0.25, 0.3) is 0 Å². The molecule has 2 heterocycles. The molecule has 3 rings (SSSR count). The molecule has 6 nitrogen and oxygen atoms in total. The molecule has 2 bridgehead atoms. The molecule has 0 spiro atoms. The topological polar surface area (TPSA) is 61.9 Å². The van der Waals surface area contributed by atoms with Crippen LogP contribution >= 0.6 is 11.6 Å². The lowest BCUT2D eigenvalue weighted by molar-refractivity contribution is -0.161. The average molecular weight is 310 g/mol. The Hall–Kier alpha value is -1.79. The third kappa shape index (κ3) is 1.82. The van der Waals surface area contributed by atoms with Crippen molar-refractivity contribution < 1.29 is 14.3 Å². The molecule has 2 fully saturated rings. The van der Waals surface area contributed by atoms with Gasteiger partial charge in [-0.1, -0.05) is 11.6 Å². The normalized spacial score (nSPS) is 28.4. The molecule has 2 aliphatic heterocycles. The molecule has 2 aliphatic rings. The van der Waals surface area contributed by atoms with E-state index in [0.717, 1.165) is 5.69 Å². The van der Waals surface area contributed by atoms with E-state index in [1.807, 2.05) is 0 Å². The Bertz CT molecular complexity index is 582. The Labute approximate surface area is 127 Å². The van der Waals surface area contributed by atoms with Crippen LogP contribution in [0.3, 0.4) is 0 Å². The second-order valence-electron chi connectivity index (χ2n) is 5.23. The van der Waals surface area contributed by atoms with Gasteiger partial charge in [0.05, 0.1) is 7.11 Å². The molecule has 21 heavy (non-hydrogen) atoms. The number of piperazine rings is 1. The summed E-state index contributed by atoms with van der Waals surface area (Å²) in [6.45, 7) is 1.07. The maximum Gasteiger partial charge on any atom is 0.357 e. The summed E-state index contributed by atoms with van der Waals surface area (Å²) in [7, 11) is 3.07. The number of nitrogens with zero attached hydrogens (tertiary/aromatic N) is 2. The number of hydrogen-bond acceptors (Lipinski definition) is 5. The molecule has 1 N–H and O–H groups in total. The van der Waals surface area contributed by atoms with Crippen molar-refractivity contribution in [3.05, 3.63) is 29.3 Å². The summed E-state index contributed by atoms with van der Waals surface area (Å²) in [6.07, 6.45) is 0. The van der Waals surface area contributed by atoms with E-state index in [2.05, 4.69) is 5.32 Å². The van der Waals surface area contributed by atoms with Gasteiger partial charge in [0.1, 0.15) is 0 Å². The van der Waals surface area contributed by atoms with Crippen LogP contribution in [0.5, 0.6) is 0 Å². The first-order valence-electron chi connectivity index (χ1n) is 6.64. The van der Waals surface area contributed by atoms with E-state index >= 15 is 0 Å². The number of carbonyl (C=O) groups excluding carboxylic acids is 2. The minimum Gasteiger partial charge on any atom is -0.466 e. The summed E-state index contributed by atoms with van der Waals surface area (Å²) in [6, 6.07) is 7.13. The molecule has 0 saturated carbocycles. The van der Waals surface area contributed by atoms with Gasteiger partial charge < -0.3 is 15.0 Å². The molecule has 0 aromatic heterocycles. The van der Waals surface area contributed by atoms with Crippen molar-refractivity contribution in [2.24, 2.45) is 0 Å². The first-order chi connectivity index (χ1) is 10.0. The van der Waals surface area contributed by atoms with Crippen LogP contribution in [0, 0.1) is 0 Å². The van der Waals surface area contributed by atoms with Crippen molar-refractivity contribution in [3.8, 4) is 0 Å². The van der Waals surface area contributed by atoms with Crippen molar-refractivity contribution in [2.45, 2.75) is 11.7 Å². The SMILES string of the molecule is COC(=O)C12C(=O)NCC(CN1c1ccc(Cl)cc1)N2C. The zero-order valence-electron chi connectivity index (χ0n) is 11.8. The van der Waals surface area contributed by atoms with Gasteiger partial charge in [-0.2, -0.15) is 0 Å². The van der Waals surface area contributed by atoms with E-state index < -0.39 is 11.6 Å². The van der Waals surface area contributed by atoms with Crippen LogP contribution in [0.15, 0.2) is 24.3 Å². The largest absolute Gasteiger partial charge is 0.466 e. The van der Waals surface area contributed by atoms with Gasteiger partial charge in [-0.3, -0.25) is 9.69 Å². The van der Waals surface area contributed by atoms with Crippen molar-refractivity contribution in [1.29, 1.82) is 0 Å². The Balaban J connectivity index is 2.12. The highest BCUT2D eigenvalue weighted by Gasteiger charge is 2.64. The zero-order chi connectivity index (χ0) is 15.2. The highest BCUT2D eigenvalue weighted by atomic mass is 35.5. The van der Waals surface area contributed by atoms with Gasteiger partial charge in [0.2, 0.25) is 0 Å². The highest BCUT2D eigenvalue weighted by molar-refractivity contribution is 6.30. The number of nitrogens with one attached hydrogen (secondary N) is 1. The number of fused-ring (bicyclic) bond motifs is 2. The molecule has 1 aromatic carbocycles. The van der Waals surface area contributed by atoms with E-state index in [4.69, 9.17) is 16.3 Å². The lowest BCUT2D eigenvalue weighted by Crippen LogP contribution is -2.71. The number of anilines is 1. The summed E-state index contributed by atoms with van der Waals surface area (Å²) >= 11 is 5.91. The van der Waals surface area contributed by atoms with E-state index in [1.165, 1.54) is 7.11 Å². The van der Waals surface area contributed by atoms with Gasteiger partial charge in [-0.15, -0.1) is 0 Å². The number of benzene rings is 1. The van der Waals surface area contributed by atoms with Crippen LogP contribution in [0.1, 0.15) is 0 Å². The lowest BCUT2D eigenvalue weighted by Gasteiger charge is -2.41. The number of esters is 1. The van der Waals surface area contributed by atoms with Crippen molar-refractivity contribution in [3.63, 3.8) is 0 Å². The number of ether oxygens (including phenoxy) is 1. The standard InChI is InChI=1S/C14H16ClN3O3/c1-17-11-7-16-12(19)14(17,13(20)21-2)18(8-11)10-5-3-9(15)4-6-10/h3-6,11H,7-8H2,1-2H3,(H,16,19). The minimum absolute atomic E-state index is 0.0532. The Morgan fingerprint density at radius 2 is 2.10 bits per heavy atom. The summed E-state index contributed by atoms with van der Waals surface area (Å²) in [4.78, 5) is 28.5. The van der Waals surface area contributed by atoms with Crippen LogP contribution < -0.4 is 10.2 Å². The summed E-state index contributed by atoms with van der Waals surface area (Å²) in [5.41, 5.74) is -0.693. The van der Waals surface area contributed by atoms with Crippen LogP contribution in [-0.2, 0) is 14.3 Å². The number of likely N-dealkylation sites (N-methyl/N-ethyl adjacent to an activating group) is 1. The molecule has 7 heteroatoms. The zero-order valence-corrected chi connectivity index (χ0v) is 12.6. The first kappa shape index (κ1) is 14.2. The van der Waals surface area contributed by atoms with Gasteiger partial charge >= 0.3 is 5.97 Å². The molecule has 2 unspecified atom stereocenters. The molecule has 1 aromatic rings. The lowest BCUT2D eigenvalue weighted by atomic mass is 10.0. The van der Waals surface area contributed by atoms with Crippen LogP contribution in [0.2, 0.25) is 5.02 Å². The quantitative estimate of drug-likeness (QED) is 0.635. The average Bonchev–Trinajstić information content (AvgIpc) is 2.68. The molecule has 2 saturated heterocycles. The second kappa shape index (κ2) is 4.89. The third-order valence-corrected chi connectivity index (χ3v) is 4.52. The second-order valence-corrected chi connectivity index (χ2v) is 5.66. The van der Waals surface area contributed by atoms with Gasteiger partial charge in [0.25, 0.3) is 11.6 Å². The molecule has 2 atom stereocenters. The fourth-order valence-corrected chi connectivity index (χ4v) is 3.27. The fourth-order valence-electron chi connectivity index (χ4n) is 3.14. The van der Waals surface area contributed by atoms with Crippen LogP contribution in [-0.4, -0.2) is 55.7 Å². The third-order valence-electron chi connectivity index (χ3n) is 4.27. The number of hydrogen-bond donors (Lipinski definition) is 1. The molecule has 0 radical (unpaired) electrons. The van der Waals surface area contributed by atoms with E-state index in [0.29, 0.717) is 18.1 Å². The van der Waals surface area contributed by atoms with Crippen molar-refractivity contribution in [1.82, 2.24) is 10.2 Å². The summed E-state index contributed by atoms with van der Waals surface area (Å²) in [5, 5.41) is 3.40. The number of carbonyl (C=O) groups is 2. The minimum atomic E-state index is -1.45. The van der Waals surface area contributed by atoms with E-state index in [1.54, 1.807) is 41.1 Å². The predicted octanol–water partition coefficient (Wildman–Crippen LogP) is 0.460. The first-order valence-corrected chi connectivity index (χ1v) is 7.02. The van der Waals surface area contributed by atoms with Gasteiger partial charge in [-0.25, -0.2) is 4.79 Å². The fraction of sp³-hybridized carbons (Fsp3) is 0.429. The maximum atomic E-state index is 12.5. The summed E-state index contributed by atoms with van der Waals surface area (Å²) < 4.78 is 4.92. The molecule has 1 amide bonds. The summed E-state index contributed by atoms with van der Waals surface area (Å²) in [5.74, 6) is -0.944. The Morgan fingerprint density at radius 1 is 1.43 bits per heavy atom. The number of methoxy groups -OCH3 is 1. The maximum absolute atomic E-state index is 12.5. The van der Waals surface area contributed by atoms with Gasteiger partial charge in [0.15, 0.2) is 0 Å². The van der Waals surface area contributed by atoms with Crippen LogP contribution in [0.4, 0.5) is 5.69 Å². The Morgan fingerprint density at radius 3 is 2.71 bits per heavy atom. The number of halogens is 1. The highest BCUT2D eigenvalue weighted by Crippen LogP contribution is 2.38. The smallest absolute Gasteiger partial charge is 0.357 e. The molecular weight excluding hydrogens is 294 g/mol. The van der Waals surface area contributed by atoms with Crippen molar-refractivity contribution >= 4 is 29.2 Å². The van der Waals surface area contributed by atoms with Gasteiger partial charge in [0, 0.05) is 29.8 Å². The number of rotatable bonds is 2. The predicted molar refractivity (Wildman–Crippen MR) is 78.1 cm³/mol. The Kier molecular flexibility index (Phi) is 3.30. The van der Waals surface area contributed by atoms with Gasteiger partial charge in [-0.05, 0) is 31.3 Å². The molecule has 0 aliphatic carbocycles. The van der Waals surface area contributed by atoms with Crippen molar-refractivity contribution in [2.75, 3.05) is 32.1 Å².